The second-order valence-corrected chi connectivity index (χ2v) is 5.70. The van der Waals surface area contributed by atoms with Crippen molar-refractivity contribution >= 4 is 5.96 Å². The van der Waals surface area contributed by atoms with Crippen LogP contribution in [0.2, 0.25) is 0 Å². The molecule has 22 heavy (non-hydrogen) atoms. The molecule has 1 aliphatic rings. The number of rotatable bonds is 8. The van der Waals surface area contributed by atoms with Gasteiger partial charge in [-0.05, 0) is 45.4 Å². The van der Waals surface area contributed by atoms with Crippen LogP contribution in [0, 0.1) is 0 Å². The Morgan fingerprint density at radius 2 is 2.32 bits per heavy atom. The smallest absolute Gasteiger partial charge is 0.191 e. The molecule has 0 saturated heterocycles. The lowest BCUT2D eigenvalue weighted by Crippen LogP contribution is -2.38. The first-order valence-electron chi connectivity index (χ1n) is 8.54. The fraction of sp³-hybridized carbons (Fsp3) is 0.647. The zero-order valence-electron chi connectivity index (χ0n) is 13.7. The molecule has 122 valence electrons. The quantitative estimate of drug-likeness (QED) is 0.336. The van der Waals surface area contributed by atoms with Gasteiger partial charge in [0.1, 0.15) is 0 Å². The van der Waals surface area contributed by atoms with Gasteiger partial charge in [0.05, 0.1) is 6.33 Å². The molecule has 0 bridgehead atoms. The molecule has 5 nitrogen and oxygen atoms in total. The van der Waals surface area contributed by atoms with Gasteiger partial charge in [-0.15, -0.1) is 0 Å². The van der Waals surface area contributed by atoms with Crippen molar-refractivity contribution in [1.82, 2.24) is 20.2 Å². The molecule has 0 aromatic carbocycles. The number of aliphatic imine (C=N–C) groups is 1. The maximum atomic E-state index is 4.64. The number of nitrogens with zero attached hydrogens (tertiary/aromatic N) is 3. The average molecular weight is 303 g/mol. The van der Waals surface area contributed by atoms with E-state index in [2.05, 4.69) is 38.2 Å². The Balaban J connectivity index is 1.66. The number of aromatic nitrogens is 2. The molecule has 0 fully saturated rings. The maximum Gasteiger partial charge on any atom is 0.191 e. The Bertz CT molecular complexity index is 461. The van der Waals surface area contributed by atoms with E-state index in [0.717, 1.165) is 45.0 Å². The van der Waals surface area contributed by atoms with Gasteiger partial charge in [-0.3, -0.25) is 4.99 Å². The second-order valence-electron chi connectivity index (χ2n) is 5.70. The zero-order valence-corrected chi connectivity index (χ0v) is 13.7. The molecule has 0 amide bonds. The first kappa shape index (κ1) is 16.6. The van der Waals surface area contributed by atoms with E-state index in [0.29, 0.717) is 0 Å². The Labute approximate surface area is 133 Å². The number of hydrogen-bond acceptors (Lipinski definition) is 2. The monoisotopic (exact) mass is 303 g/mol. The first-order chi connectivity index (χ1) is 10.9. The second kappa shape index (κ2) is 10.0. The van der Waals surface area contributed by atoms with Crippen molar-refractivity contribution in [3.05, 3.63) is 30.4 Å². The lowest BCUT2D eigenvalue weighted by Gasteiger charge is -2.15. The van der Waals surface area contributed by atoms with Gasteiger partial charge in [-0.1, -0.05) is 11.6 Å². The molecule has 1 aromatic rings. The lowest BCUT2D eigenvalue weighted by molar-refractivity contribution is 0.644. The van der Waals surface area contributed by atoms with E-state index in [1.54, 1.807) is 5.57 Å². The van der Waals surface area contributed by atoms with Gasteiger partial charge in [-0.25, -0.2) is 4.98 Å². The van der Waals surface area contributed by atoms with Crippen LogP contribution in [0.4, 0.5) is 0 Å². The molecule has 0 unspecified atom stereocenters. The third kappa shape index (κ3) is 6.33. The van der Waals surface area contributed by atoms with E-state index in [-0.39, 0.29) is 0 Å². The summed E-state index contributed by atoms with van der Waals surface area (Å²) >= 11 is 0. The predicted molar refractivity (Wildman–Crippen MR) is 92.0 cm³/mol. The summed E-state index contributed by atoms with van der Waals surface area (Å²) in [4.78, 5) is 8.68. The Morgan fingerprint density at radius 3 is 3.05 bits per heavy atom. The van der Waals surface area contributed by atoms with Crippen molar-refractivity contribution in [2.45, 2.75) is 52.0 Å². The number of hydrogen-bond donors (Lipinski definition) is 2. The number of imidazole rings is 1. The molecule has 2 N–H and O–H groups in total. The summed E-state index contributed by atoms with van der Waals surface area (Å²) in [7, 11) is 0. The van der Waals surface area contributed by atoms with Crippen molar-refractivity contribution in [2.24, 2.45) is 4.99 Å². The Kier molecular flexibility index (Phi) is 7.56. The zero-order chi connectivity index (χ0) is 15.5. The van der Waals surface area contributed by atoms with Crippen LogP contribution in [0.3, 0.4) is 0 Å². The van der Waals surface area contributed by atoms with Crippen LogP contribution in [0.1, 0.15) is 45.4 Å². The van der Waals surface area contributed by atoms with E-state index >= 15 is 0 Å². The van der Waals surface area contributed by atoms with Gasteiger partial charge in [0.25, 0.3) is 0 Å². The van der Waals surface area contributed by atoms with Crippen molar-refractivity contribution in [3.63, 3.8) is 0 Å². The Morgan fingerprint density at radius 1 is 1.36 bits per heavy atom. The van der Waals surface area contributed by atoms with Gasteiger partial charge in [0, 0.05) is 38.6 Å². The van der Waals surface area contributed by atoms with Gasteiger partial charge < -0.3 is 15.2 Å². The number of allylic oxidation sites excluding steroid dienone is 1. The number of aryl methyl sites for hydroxylation is 1. The highest BCUT2D eigenvalue weighted by molar-refractivity contribution is 5.79. The minimum absolute atomic E-state index is 0.830. The minimum Gasteiger partial charge on any atom is -0.357 e. The summed E-state index contributed by atoms with van der Waals surface area (Å²) in [5.41, 5.74) is 1.61. The summed E-state index contributed by atoms with van der Waals surface area (Å²) < 4.78 is 2.09. The van der Waals surface area contributed by atoms with Gasteiger partial charge in [0.15, 0.2) is 5.96 Å². The predicted octanol–water partition coefficient (Wildman–Crippen LogP) is 2.72. The molecule has 0 atom stereocenters. The number of nitrogens with one attached hydrogen (secondary N) is 2. The van der Waals surface area contributed by atoms with Gasteiger partial charge in [-0.2, -0.15) is 0 Å². The fourth-order valence-electron chi connectivity index (χ4n) is 2.68. The van der Waals surface area contributed by atoms with Crippen LogP contribution in [0.25, 0.3) is 0 Å². The highest BCUT2D eigenvalue weighted by Crippen LogP contribution is 2.19. The van der Waals surface area contributed by atoms with Crippen LogP contribution in [-0.4, -0.2) is 35.1 Å². The summed E-state index contributed by atoms with van der Waals surface area (Å²) in [6.45, 7) is 5.77. The fourth-order valence-corrected chi connectivity index (χ4v) is 2.68. The highest BCUT2D eigenvalue weighted by atomic mass is 15.2. The van der Waals surface area contributed by atoms with Crippen LogP contribution in [0.15, 0.2) is 35.4 Å². The third-order valence-electron chi connectivity index (χ3n) is 3.87. The van der Waals surface area contributed by atoms with Crippen LogP contribution in [-0.2, 0) is 6.54 Å². The maximum absolute atomic E-state index is 4.64. The van der Waals surface area contributed by atoms with Crippen LogP contribution in [0.5, 0.6) is 0 Å². The first-order valence-corrected chi connectivity index (χ1v) is 8.54. The van der Waals surface area contributed by atoms with E-state index in [9.17, 15) is 0 Å². The lowest BCUT2D eigenvalue weighted by atomic mass is 9.97. The van der Waals surface area contributed by atoms with E-state index in [1.165, 1.54) is 25.7 Å². The standard InChI is InChI=1S/C17H29N5/c1-2-19-17(20-10-6-13-22-14-12-18-15-22)21-11-9-16-7-4-3-5-8-16/h7,12,14-15H,2-6,8-11,13H2,1H3,(H2,19,20,21). The third-order valence-corrected chi connectivity index (χ3v) is 3.87. The average Bonchev–Trinajstić information content (AvgIpc) is 3.06. The van der Waals surface area contributed by atoms with Crippen molar-refractivity contribution in [2.75, 3.05) is 19.6 Å². The topological polar surface area (TPSA) is 54.2 Å². The van der Waals surface area contributed by atoms with Crippen LogP contribution < -0.4 is 10.6 Å². The van der Waals surface area contributed by atoms with Gasteiger partial charge >= 0.3 is 0 Å². The van der Waals surface area contributed by atoms with Crippen LogP contribution >= 0.6 is 0 Å². The molecule has 1 aliphatic carbocycles. The van der Waals surface area contributed by atoms with E-state index in [4.69, 9.17) is 0 Å². The van der Waals surface area contributed by atoms with Crippen molar-refractivity contribution in [3.8, 4) is 0 Å². The minimum atomic E-state index is 0.830. The summed E-state index contributed by atoms with van der Waals surface area (Å²) in [5, 5.41) is 6.75. The van der Waals surface area contributed by atoms with E-state index in [1.807, 2.05) is 18.7 Å². The molecule has 5 heteroatoms. The molecule has 1 aromatic heterocycles. The van der Waals surface area contributed by atoms with Crippen molar-refractivity contribution in [1.29, 1.82) is 0 Å². The molecular formula is C17H29N5. The van der Waals surface area contributed by atoms with Crippen molar-refractivity contribution < 1.29 is 0 Å². The SMILES string of the molecule is CCNC(=NCCCn1ccnc1)NCCC1=CCCCC1. The highest BCUT2D eigenvalue weighted by Gasteiger charge is 2.04. The molecular weight excluding hydrogens is 274 g/mol. The largest absolute Gasteiger partial charge is 0.357 e. The summed E-state index contributed by atoms with van der Waals surface area (Å²) in [6.07, 6.45) is 15.5. The molecule has 0 radical (unpaired) electrons. The molecule has 0 aliphatic heterocycles. The molecule has 0 spiro atoms. The molecule has 0 saturated carbocycles. The van der Waals surface area contributed by atoms with Gasteiger partial charge in [0.2, 0.25) is 0 Å². The number of guanidine groups is 1. The van der Waals surface area contributed by atoms with E-state index < -0.39 is 0 Å². The Hall–Kier alpha value is -1.78. The summed E-state index contributed by atoms with van der Waals surface area (Å²) in [5.74, 6) is 0.935. The molecule has 2 rings (SSSR count). The normalized spacial score (nSPS) is 15.5. The summed E-state index contributed by atoms with van der Waals surface area (Å²) in [6, 6.07) is 0. The molecule has 1 heterocycles.